The first-order valence-corrected chi connectivity index (χ1v) is 6.76. The molecular formula is C16H10BrNO3. The molecule has 0 radical (unpaired) electrons. The summed E-state index contributed by atoms with van der Waals surface area (Å²) in [7, 11) is 0. The van der Waals surface area contributed by atoms with Crippen molar-refractivity contribution < 1.29 is 14.6 Å². The SMILES string of the molecule is N#Cc1cc(/C=C/C(=O)O)ccc1Oc1cccc(Br)c1. The van der Waals surface area contributed by atoms with Crippen molar-refractivity contribution in [2.75, 3.05) is 0 Å². The first kappa shape index (κ1) is 14.8. The minimum atomic E-state index is -1.04. The average Bonchev–Trinajstić information content (AvgIpc) is 2.46. The van der Waals surface area contributed by atoms with Crippen LogP contribution in [0.3, 0.4) is 0 Å². The van der Waals surface area contributed by atoms with Gasteiger partial charge in [-0.15, -0.1) is 0 Å². The van der Waals surface area contributed by atoms with E-state index in [2.05, 4.69) is 15.9 Å². The summed E-state index contributed by atoms with van der Waals surface area (Å²) < 4.78 is 6.54. The first-order valence-electron chi connectivity index (χ1n) is 5.97. The molecule has 0 aromatic heterocycles. The van der Waals surface area contributed by atoms with Crippen molar-refractivity contribution in [3.05, 3.63) is 64.1 Å². The summed E-state index contributed by atoms with van der Waals surface area (Å²) in [5, 5.41) is 17.8. The number of nitrogens with zero attached hydrogens (tertiary/aromatic N) is 1. The zero-order chi connectivity index (χ0) is 15.2. The molecule has 2 rings (SSSR count). The van der Waals surface area contributed by atoms with Crippen molar-refractivity contribution in [2.45, 2.75) is 0 Å². The van der Waals surface area contributed by atoms with Gasteiger partial charge in [0.1, 0.15) is 17.6 Å². The number of nitriles is 1. The Hall–Kier alpha value is -2.58. The second-order valence-corrected chi connectivity index (χ2v) is 5.01. The van der Waals surface area contributed by atoms with Gasteiger partial charge in [0, 0.05) is 10.5 Å². The fourth-order valence-electron chi connectivity index (χ4n) is 1.65. The highest BCUT2D eigenvalue weighted by Gasteiger charge is 2.06. The van der Waals surface area contributed by atoms with Gasteiger partial charge in [-0.1, -0.05) is 28.1 Å². The van der Waals surface area contributed by atoms with Gasteiger partial charge >= 0.3 is 5.97 Å². The number of aliphatic carboxylic acids is 1. The normalized spacial score (nSPS) is 10.3. The van der Waals surface area contributed by atoms with Crippen LogP contribution in [0.1, 0.15) is 11.1 Å². The van der Waals surface area contributed by atoms with Crippen LogP contribution in [-0.2, 0) is 4.79 Å². The number of hydrogen-bond donors (Lipinski definition) is 1. The molecule has 0 spiro atoms. The molecule has 1 N–H and O–H groups in total. The lowest BCUT2D eigenvalue weighted by Crippen LogP contribution is -1.90. The molecule has 2 aromatic carbocycles. The molecule has 0 aliphatic carbocycles. The van der Waals surface area contributed by atoms with Crippen LogP contribution in [0.2, 0.25) is 0 Å². The Bertz CT molecular complexity index is 747. The van der Waals surface area contributed by atoms with Gasteiger partial charge in [-0.25, -0.2) is 4.79 Å². The molecule has 0 atom stereocenters. The van der Waals surface area contributed by atoms with Gasteiger partial charge in [0.2, 0.25) is 0 Å². The summed E-state index contributed by atoms with van der Waals surface area (Å²) in [6.07, 6.45) is 2.44. The van der Waals surface area contributed by atoms with Gasteiger partial charge in [0.25, 0.3) is 0 Å². The smallest absolute Gasteiger partial charge is 0.328 e. The topological polar surface area (TPSA) is 70.3 Å². The number of carbonyl (C=O) groups is 1. The van der Waals surface area contributed by atoms with Gasteiger partial charge in [-0.2, -0.15) is 5.26 Å². The Labute approximate surface area is 130 Å². The van der Waals surface area contributed by atoms with E-state index in [-0.39, 0.29) is 0 Å². The Balaban J connectivity index is 2.29. The predicted molar refractivity (Wildman–Crippen MR) is 82.0 cm³/mol. The molecule has 0 aliphatic rings. The van der Waals surface area contributed by atoms with Crippen LogP contribution in [0.15, 0.2) is 53.0 Å². The van der Waals surface area contributed by atoms with E-state index >= 15 is 0 Å². The van der Waals surface area contributed by atoms with Crippen LogP contribution < -0.4 is 4.74 Å². The zero-order valence-corrected chi connectivity index (χ0v) is 12.4. The van der Waals surface area contributed by atoms with E-state index in [1.54, 1.807) is 30.3 Å². The van der Waals surface area contributed by atoms with Crippen molar-refractivity contribution in [3.63, 3.8) is 0 Å². The van der Waals surface area contributed by atoms with Gasteiger partial charge in [0.15, 0.2) is 0 Å². The standard InChI is InChI=1S/C16H10BrNO3/c17-13-2-1-3-14(9-13)21-15-6-4-11(5-7-16(19)20)8-12(15)10-18/h1-9H,(H,19,20)/b7-5+. The van der Waals surface area contributed by atoms with Crippen LogP contribution in [0.4, 0.5) is 0 Å². The fourth-order valence-corrected chi connectivity index (χ4v) is 2.03. The van der Waals surface area contributed by atoms with Crippen LogP contribution in [-0.4, -0.2) is 11.1 Å². The number of rotatable bonds is 4. The molecule has 0 aliphatic heterocycles. The molecule has 104 valence electrons. The maximum absolute atomic E-state index is 10.5. The Morgan fingerprint density at radius 3 is 2.76 bits per heavy atom. The first-order chi connectivity index (χ1) is 10.1. The molecule has 0 saturated heterocycles. The molecule has 0 amide bonds. The molecule has 0 saturated carbocycles. The molecule has 0 bridgehead atoms. The molecule has 4 nitrogen and oxygen atoms in total. The van der Waals surface area contributed by atoms with Crippen LogP contribution in [0.25, 0.3) is 6.08 Å². The second kappa shape index (κ2) is 6.73. The quantitative estimate of drug-likeness (QED) is 0.844. The number of ether oxygens (including phenoxy) is 1. The third kappa shape index (κ3) is 4.20. The molecule has 0 unspecified atom stereocenters. The molecular weight excluding hydrogens is 334 g/mol. The van der Waals surface area contributed by atoms with E-state index in [4.69, 9.17) is 9.84 Å². The molecule has 0 heterocycles. The van der Waals surface area contributed by atoms with Crippen LogP contribution >= 0.6 is 15.9 Å². The summed E-state index contributed by atoms with van der Waals surface area (Å²) in [4.78, 5) is 10.5. The van der Waals surface area contributed by atoms with Gasteiger partial charge < -0.3 is 9.84 Å². The van der Waals surface area contributed by atoms with E-state index in [0.29, 0.717) is 22.6 Å². The van der Waals surface area contributed by atoms with E-state index < -0.39 is 5.97 Å². The molecule has 21 heavy (non-hydrogen) atoms. The van der Waals surface area contributed by atoms with E-state index in [1.165, 1.54) is 6.08 Å². The summed E-state index contributed by atoms with van der Waals surface area (Å²) in [5.41, 5.74) is 0.957. The summed E-state index contributed by atoms with van der Waals surface area (Å²) >= 11 is 3.35. The lowest BCUT2D eigenvalue weighted by molar-refractivity contribution is -0.131. The number of benzene rings is 2. The second-order valence-electron chi connectivity index (χ2n) is 4.10. The maximum Gasteiger partial charge on any atom is 0.328 e. The van der Waals surface area contributed by atoms with Crippen molar-refractivity contribution in [2.24, 2.45) is 0 Å². The summed E-state index contributed by atoms with van der Waals surface area (Å²) in [5.74, 6) is -0.0132. The highest BCUT2D eigenvalue weighted by atomic mass is 79.9. The van der Waals surface area contributed by atoms with E-state index in [0.717, 1.165) is 10.5 Å². The fraction of sp³-hybridized carbons (Fsp3) is 0. The maximum atomic E-state index is 10.5. The van der Waals surface area contributed by atoms with Gasteiger partial charge in [-0.3, -0.25) is 0 Å². The monoisotopic (exact) mass is 343 g/mol. The van der Waals surface area contributed by atoms with Crippen LogP contribution in [0, 0.1) is 11.3 Å². The van der Waals surface area contributed by atoms with Crippen molar-refractivity contribution in [1.82, 2.24) is 0 Å². The Morgan fingerprint density at radius 2 is 2.10 bits per heavy atom. The van der Waals surface area contributed by atoms with E-state index in [1.807, 2.05) is 18.2 Å². The zero-order valence-electron chi connectivity index (χ0n) is 10.8. The molecule has 5 heteroatoms. The molecule has 0 fully saturated rings. The predicted octanol–water partition coefficient (Wildman–Crippen LogP) is 4.21. The largest absolute Gasteiger partial charge is 0.478 e. The number of carboxylic acids is 1. The van der Waals surface area contributed by atoms with Crippen LogP contribution in [0.5, 0.6) is 11.5 Å². The summed E-state index contributed by atoms with van der Waals surface area (Å²) in [6, 6.07) is 14.2. The van der Waals surface area contributed by atoms with Crippen molar-refractivity contribution in [1.29, 1.82) is 5.26 Å². The highest BCUT2D eigenvalue weighted by Crippen LogP contribution is 2.28. The molecule has 2 aromatic rings. The number of carboxylic acid groups (broad SMARTS) is 1. The number of halogens is 1. The highest BCUT2D eigenvalue weighted by molar-refractivity contribution is 9.10. The third-order valence-corrected chi connectivity index (χ3v) is 3.06. The van der Waals surface area contributed by atoms with Gasteiger partial charge in [-0.05, 0) is 42.0 Å². The summed E-state index contributed by atoms with van der Waals surface area (Å²) in [6.45, 7) is 0. The van der Waals surface area contributed by atoms with Crippen molar-refractivity contribution >= 4 is 28.0 Å². The minimum Gasteiger partial charge on any atom is -0.478 e. The Morgan fingerprint density at radius 1 is 1.29 bits per heavy atom. The van der Waals surface area contributed by atoms with E-state index in [9.17, 15) is 10.1 Å². The van der Waals surface area contributed by atoms with Crippen molar-refractivity contribution in [3.8, 4) is 17.6 Å². The lowest BCUT2D eigenvalue weighted by Gasteiger charge is -2.08. The number of hydrogen-bond acceptors (Lipinski definition) is 3. The minimum absolute atomic E-state index is 0.336. The third-order valence-electron chi connectivity index (χ3n) is 2.57. The average molecular weight is 344 g/mol. The lowest BCUT2D eigenvalue weighted by atomic mass is 10.1. The van der Waals surface area contributed by atoms with Gasteiger partial charge in [0.05, 0.1) is 5.56 Å². The Kier molecular flexibility index (Phi) is 4.75.